The van der Waals surface area contributed by atoms with E-state index in [2.05, 4.69) is 57.1 Å². The van der Waals surface area contributed by atoms with Gasteiger partial charge in [0, 0.05) is 25.7 Å². The van der Waals surface area contributed by atoms with Gasteiger partial charge in [0.1, 0.15) is 0 Å². The lowest BCUT2D eigenvalue weighted by molar-refractivity contribution is 0.128. The van der Waals surface area contributed by atoms with E-state index >= 15 is 0 Å². The molecule has 1 saturated heterocycles. The highest BCUT2D eigenvalue weighted by Crippen LogP contribution is 2.24. The third kappa shape index (κ3) is 6.56. The van der Waals surface area contributed by atoms with Crippen molar-refractivity contribution >= 4 is 22.3 Å². The predicted octanol–water partition coefficient (Wildman–Crippen LogP) is 3.49. The second-order valence-corrected chi connectivity index (χ2v) is 7.58. The van der Waals surface area contributed by atoms with E-state index in [1.165, 1.54) is 10.6 Å². The Morgan fingerprint density at radius 1 is 1.19 bits per heavy atom. The number of hydrogen-bond donors (Lipinski definition) is 2. The molecule has 6 heteroatoms. The minimum Gasteiger partial charge on any atom is -0.375 e. The smallest absolute Gasteiger partial charge is 0.191 e. The van der Waals surface area contributed by atoms with Crippen LogP contribution in [0.1, 0.15) is 25.3 Å². The van der Waals surface area contributed by atoms with Crippen molar-refractivity contribution in [2.24, 2.45) is 4.99 Å². The molecule has 0 unspecified atom stereocenters. The van der Waals surface area contributed by atoms with E-state index in [4.69, 9.17) is 4.74 Å². The molecule has 0 amide bonds. The lowest BCUT2D eigenvalue weighted by atomic mass is 10.1. The summed E-state index contributed by atoms with van der Waals surface area (Å²) < 4.78 is 5.73. The summed E-state index contributed by atoms with van der Waals surface area (Å²) in [5, 5.41) is 10.5. The van der Waals surface area contributed by atoms with Crippen molar-refractivity contribution in [1.82, 2.24) is 10.6 Å². The summed E-state index contributed by atoms with van der Waals surface area (Å²) in [5.41, 5.74) is 1.20. The van der Waals surface area contributed by atoms with Crippen LogP contribution in [0.25, 0.3) is 0 Å². The summed E-state index contributed by atoms with van der Waals surface area (Å²) >= 11 is 1.82. The molecule has 27 heavy (non-hydrogen) atoms. The molecule has 1 aliphatic heterocycles. The summed E-state index contributed by atoms with van der Waals surface area (Å²) in [5.74, 6) is 0.899. The zero-order chi connectivity index (χ0) is 18.7. The highest BCUT2D eigenvalue weighted by Gasteiger charge is 2.20. The average Bonchev–Trinajstić information content (AvgIpc) is 3.24. The fourth-order valence-corrected chi connectivity index (χ4v) is 3.98. The first-order valence-corrected chi connectivity index (χ1v) is 10.7. The van der Waals surface area contributed by atoms with E-state index in [-0.39, 0.29) is 0 Å². The Kier molecular flexibility index (Phi) is 7.99. The highest BCUT2D eigenvalue weighted by atomic mass is 32.1. The van der Waals surface area contributed by atoms with Gasteiger partial charge in [0.25, 0.3) is 0 Å². The first-order chi connectivity index (χ1) is 13.3. The van der Waals surface area contributed by atoms with Crippen LogP contribution in [0.5, 0.6) is 0 Å². The third-order valence-electron chi connectivity index (χ3n) is 4.61. The molecule has 146 valence electrons. The van der Waals surface area contributed by atoms with E-state index < -0.39 is 0 Å². The second kappa shape index (κ2) is 10.9. The number of guanidine groups is 1. The quantitative estimate of drug-likeness (QED) is 0.414. The molecule has 5 nitrogen and oxygen atoms in total. The molecule has 0 saturated carbocycles. The van der Waals surface area contributed by atoms with Crippen LogP contribution in [-0.4, -0.2) is 44.8 Å². The van der Waals surface area contributed by atoms with E-state index in [1.807, 2.05) is 29.5 Å². The van der Waals surface area contributed by atoms with Crippen molar-refractivity contribution in [3.05, 3.63) is 53.4 Å². The number of nitrogens with one attached hydrogen (secondary N) is 2. The molecule has 1 aliphatic rings. The zero-order valence-electron chi connectivity index (χ0n) is 16.1. The lowest BCUT2D eigenvalue weighted by Gasteiger charge is -2.33. The number of anilines is 1. The Balaban J connectivity index is 1.38. The minimum atomic E-state index is 0.476. The van der Waals surface area contributed by atoms with Crippen molar-refractivity contribution in [3.63, 3.8) is 0 Å². The molecule has 0 aliphatic carbocycles. The molecule has 1 aromatic carbocycles. The lowest BCUT2D eigenvalue weighted by Crippen LogP contribution is -2.48. The number of nitrogens with zero attached hydrogens (tertiary/aromatic N) is 2. The van der Waals surface area contributed by atoms with E-state index in [1.54, 1.807) is 0 Å². The van der Waals surface area contributed by atoms with E-state index in [0.717, 1.165) is 38.4 Å². The largest absolute Gasteiger partial charge is 0.375 e. The van der Waals surface area contributed by atoms with Crippen LogP contribution in [-0.2, 0) is 11.3 Å². The van der Waals surface area contributed by atoms with E-state index in [0.29, 0.717) is 25.8 Å². The van der Waals surface area contributed by atoms with Gasteiger partial charge in [0.15, 0.2) is 5.96 Å². The number of hydrogen-bond acceptors (Lipinski definition) is 4. The fraction of sp³-hybridized carbons (Fsp3) is 0.476. The van der Waals surface area contributed by atoms with Crippen LogP contribution in [0.15, 0.2) is 52.8 Å². The maximum absolute atomic E-state index is 5.73. The maximum atomic E-state index is 5.73. The summed E-state index contributed by atoms with van der Waals surface area (Å²) in [6.45, 7) is 7.09. The molecule has 2 heterocycles. The maximum Gasteiger partial charge on any atom is 0.191 e. The number of ether oxygens (including phenoxy) is 1. The molecule has 0 spiro atoms. The Bertz CT molecular complexity index is 667. The third-order valence-corrected chi connectivity index (χ3v) is 5.54. The summed E-state index contributed by atoms with van der Waals surface area (Å²) in [6.07, 6.45) is 2.26. The molecule has 0 bridgehead atoms. The van der Waals surface area contributed by atoms with Gasteiger partial charge in [0.2, 0.25) is 0 Å². The van der Waals surface area contributed by atoms with Crippen LogP contribution < -0.4 is 15.5 Å². The molecular formula is C21H30N4OS. The van der Waals surface area contributed by atoms with Gasteiger partial charge in [-0.25, -0.2) is 0 Å². The van der Waals surface area contributed by atoms with Gasteiger partial charge in [-0.05, 0) is 42.8 Å². The monoisotopic (exact) mass is 386 g/mol. The second-order valence-electron chi connectivity index (χ2n) is 6.66. The van der Waals surface area contributed by atoms with Crippen molar-refractivity contribution in [3.8, 4) is 0 Å². The van der Waals surface area contributed by atoms with Gasteiger partial charge in [-0.15, -0.1) is 11.3 Å². The first kappa shape index (κ1) is 19.7. The Morgan fingerprint density at radius 3 is 2.70 bits per heavy atom. The SMILES string of the molecule is CCNC(=NCCOCc1ccccc1)NC1CCN(c2cccs2)CC1. The van der Waals surface area contributed by atoms with Crippen molar-refractivity contribution in [1.29, 1.82) is 0 Å². The van der Waals surface area contributed by atoms with E-state index in [9.17, 15) is 0 Å². The number of benzene rings is 1. The minimum absolute atomic E-state index is 0.476. The molecule has 1 fully saturated rings. The van der Waals surface area contributed by atoms with Crippen LogP contribution in [0.3, 0.4) is 0 Å². The molecule has 1 aromatic heterocycles. The van der Waals surface area contributed by atoms with Crippen molar-refractivity contribution in [2.45, 2.75) is 32.4 Å². The average molecular weight is 387 g/mol. The number of aliphatic imine (C=N–C) groups is 1. The van der Waals surface area contributed by atoms with Gasteiger partial charge < -0.3 is 20.3 Å². The summed E-state index contributed by atoms with van der Waals surface area (Å²) in [6, 6.07) is 15.1. The van der Waals surface area contributed by atoms with Crippen LogP contribution >= 0.6 is 11.3 Å². The summed E-state index contributed by atoms with van der Waals surface area (Å²) in [4.78, 5) is 7.14. The Hall–Kier alpha value is -2.05. The van der Waals surface area contributed by atoms with Crippen molar-refractivity contribution in [2.75, 3.05) is 37.7 Å². The molecule has 2 N–H and O–H groups in total. The Labute approximate surface area is 166 Å². The number of piperidine rings is 1. The van der Waals surface area contributed by atoms with Gasteiger partial charge >= 0.3 is 0 Å². The van der Waals surface area contributed by atoms with Gasteiger partial charge in [-0.2, -0.15) is 0 Å². The highest BCUT2D eigenvalue weighted by molar-refractivity contribution is 7.14. The van der Waals surface area contributed by atoms with Gasteiger partial charge in [-0.3, -0.25) is 4.99 Å². The molecular weight excluding hydrogens is 356 g/mol. The van der Waals surface area contributed by atoms with Crippen LogP contribution in [0, 0.1) is 0 Å². The Morgan fingerprint density at radius 2 is 2.00 bits per heavy atom. The van der Waals surface area contributed by atoms with Crippen LogP contribution in [0.2, 0.25) is 0 Å². The van der Waals surface area contributed by atoms with Gasteiger partial charge in [0.05, 0.1) is 24.8 Å². The zero-order valence-corrected chi connectivity index (χ0v) is 16.9. The van der Waals surface area contributed by atoms with Gasteiger partial charge in [-0.1, -0.05) is 30.3 Å². The van der Waals surface area contributed by atoms with Crippen LogP contribution in [0.4, 0.5) is 5.00 Å². The number of thiophene rings is 1. The molecule has 0 atom stereocenters. The van der Waals surface area contributed by atoms with Crippen molar-refractivity contribution < 1.29 is 4.74 Å². The predicted molar refractivity (Wildman–Crippen MR) is 115 cm³/mol. The molecule has 2 aromatic rings. The topological polar surface area (TPSA) is 48.9 Å². The first-order valence-electron chi connectivity index (χ1n) is 9.80. The fourth-order valence-electron chi connectivity index (χ4n) is 3.19. The number of rotatable bonds is 8. The summed E-state index contributed by atoms with van der Waals surface area (Å²) in [7, 11) is 0. The molecule has 0 radical (unpaired) electrons. The molecule has 3 rings (SSSR count). The standard InChI is InChI=1S/C21H30N4OS/c1-2-22-21(23-12-15-26-17-18-7-4-3-5-8-18)24-19-10-13-25(14-11-19)20-9-6-16-27-20/h3-9,16,19H,2,10-15,17H2,1H3,(H2,22,23,24). The normalized spacial score (nSPS) is 15.7.